The molecular formula is C18H23NOS. The number of hydrogen-bond acceptors (Lipinski definition) is 3. The van der Waals surface area contributed by atoms with Crippen molar-refractivity contribution in [1.82, 2.24) is 0 Å². The molecular weight excluding hydrogens is 278 g/mol. The molecule has 0 amide bonds. The average molecular weight is 301 g/mol. The summed E-state index contributed by atoms with van der Waals surface area (Å²) in [4.78, 5) is 4.97. The number of rotatable bonds is 4. The Kier molecular flexibility index (Phi) is 4.32. The van der Waals surface area contributed by atoms with Gasteiger partial charge in [0.15, 0.2) is 0 Å². The van der Waals surface area contributed by atoms with Crippen LogP contribution in [0.2, 0.25) is 0 Å². The molecule has 0 aliphatic carbocycles. The van der Waals surface area contributed by atoms with E-state index in [0.717, 1.165) is 31.4 Å². The van der Waals surface area contributed by atoms with Crippen molar-refractivity contribution in [2.75, 3.05) is 18.5 Å². The standard InChI is InChI=1S/C18H23NOS/c1-3-15-7-8-16(21-15)12-18(20)14-6-9-17-13(11-14)5-4-10-19(17)2/h6-9,11,18,20H,3-5,10,12H2,1-2H3. The summed E-state index contributed by atoms with van der Waals surface area (Å²) in [5, 5.41) is 10.5. The largest absolute Gasteiger partial charge is 0.388 e. The Hall–Kier alpha value is -1.32. The van der Waals surface area contributed by atoms with Crippen molar-refractivity contribution in [2.24, 2.45) is 0 Å². The zero-order valence-corrected chi connectivity index (χ0v) is 13.6. The third kappa shape index (κ3) is 3.14. The fourth-order valence-electron chi connectivity index (χ4n) is 3.04. The van der Waals surface area contributed by atoms with Gasteiger partial charge in [0.1, 0.15) is 0 Å². The van der Waals surface area contributed by atoms with Crippen LogP contribution in [0.3, 0.4) is 0 Å². The van der Waals surface area contributed by atoms with Gasteiger partial charge in [0.2, 0.25) is 0 Å². The summed E-state index contributed by atoms with van der Waals surface area (Å²) in [6, 6.07) is 10.8. The Morgan fingerprint density at radius 1 is 1.24 bits per heavy atom. The molecule has 0 spiro atoms. The van der Waals surface area contributed by atoms with Gasteiger partial charge in [0.05, 0.1) is 6.10 Å². The molecule has 1 aromatic heterocycles. The molecule has 1 atom stereocenters. The molecule has 2 heterocycles. The van der Waals surface area contributed by atoms with E-state index in [1.807, 2.05) is 11.3 Å². The second-order valence-electron chi connectivity index (χ2n) is 5.85. The first kappa shape index (κ1) is 14.6. The molecule has 1 aliphatic heterocycles. The van der Waals surface area contributed by atoms with Gasteiger partial charge in [-0.2, -0.15) is 0 Å². The number of benzene rings is 1. The first-order valence-electron chi connectivity index (χ1n) is 7.77. The summed E-state index contributed by atoms with van der Waals surface area (Å²) < 4.78 is 0. The van der Waals surface area contributed by atoms with Gasteiger partial charge in [-0.15, -0.1) is 11.3 Å². The number of aliphatic hydroxyl groups is 1. The second-order valence-corrected chi connectivity index (χ2v) is 7.11. The smallest absolute Gasteiger partial charge is 0.0838 e. The van der Waals surface area contributed by atoms with Crippen LogP contribution in [0.5, 0.6) is 0 Å². The highest BCUT2D eigenvalue weighted by atomic mass is 32.1. The van der Waals surface area contributed by atoms with Crippen molar-refractivity contribution in [3.8, 4) is 0 Å². The van der Waals surface area contributed by atoms with Crippen molar-refractivity contribution in [1.29, 1.82) is 0 Å². The van der Waals surface area contributed by atoms with Gasteiger partial charge in [-0.05, 0) is 48.6 Å². The quantitative estimate of drug-likeness (QED) is 0.923. The molecule has 2 aromatic rings. The summed E-state index contributed by atoms with van der Waals surface area (Å²) in [7, 11) is 2.14. The molecule has 1 unspecified atom stereocenters. The highest BCUT2D eigenvalue weighted by molar-refractivity contribution is 7.11. The van der Waals surface area contributed by atoms with Crippen molar-refractivity contribution in [3.05, 3.63) is 51.2 Å². The van der Waals surface area contributed by atoms with E-state index in [4.69, 9.17) is 0 Å². The predicted octanol–water partition coefficient (Wildman–Crippen LogP) is 3.97. The van der Waals surface area contributed by atoms with Crippen LogP contribution in [0.25, 0.3) is 0 Å². The number of aryl methyl sites for hydroxylation is 2. The van der Waals surface area contributed by atoms with E-state index >= 15 is 0 Å². The Bertz CT molecular complexity index is 619. The van der Waals surface area contributed by atoms with Gasteiger partial charge >= 0.3 is 0 Å². The highest BCUT2D eigenvalue weighted by Crippen LogP contribution is 2.30. The zero-order valence-electron chi connectivity index (χ0n) is 12.8. The molecule has 3 rings (SSSR count). The lowest BCUT2D eigenvalue weighted by Crippen LogP contribution is -2.24. The Balaban J connectivity index is 1.76. The van der Waals surface area contributed by atoms with Gasteiger partial charge < -0.3 is 10.0 Å². The number of aliphatic hydroxyl groups excluding tert-OH is 1. The maximum atomic E-state index is 10.5. The fourth-order valence-corrected chi connectivity index (χ4v) is 4.04. The van der Waals surface area contributed by atoms with Gasteiger partial charge in [-0.3, -0.25) is 0 Å². The molecule has 112 valence electrons. The van der Waals surface area contributed by atoms with Crippen LogP contribution in [-0.2, 0) is 19.3 Å². The molecule has 1 N–H and O–H groups in total. The van der Waals surface area contributed by atoms with Crippen molar-refractivity contribution >= 4 is 17.0 Å². The summed E-state index contributed by atoms with van der Waals surface area (Å²) in [5.74, 6) is 0. The third-order valence-electron chi connectivity index (χ3n) is 4.30. The summed E-state index contributed by atoms with van der Waals surface area (Å²) >= 11 is 1.82. The maximum Gasteiger partial charge on any atom is 0.0838 e. The van der Waals surface area contributed by atoms with Crippen LogP contribution in [0.15, 0.2) is 30.3 Å². The van der Waals surface area contributed by atoms with Crippen LogP contribution in [0.1, 0.15) is 40.3 Å². The van der Waals surface area contributed by atoms with E-state index in [9.17, 15) is 5.11 Å². The van der Waals surface area contributed by atoms with E-state index in [1.54, 1.807) is 0 Å². The van der Waals surface area contributed by atoms with Gasteiger partial charge in [-0.1, -0.05) is 19.1 Å². The molecule has 0 bridgehead atoms. The lowest BCUT2D eigenvalue weighted by Gasteiger charge is -2.28. The molecule has 3 heteroatoms. The fraction of sp³-hybridized carbons (Fsp3) is 0.444. The minimum absolute atomic E-state index is 0.397. The van der Waals surface area contributed by atoms with E-state index < -0.39 is 6.10 Å². The molecule has 0 saturated carbocycles. The Morgan fingerprint density at radius 2 is 2.05 bits per heavy atom. The number of hydrogen-bond donors (Lipinski definition) is 1. The van der Waals surface area contributed by atoms with E-state index in [0.29, 0.717) is 0 Å². The molecule has 2 nitrogen and oxygen atoms in total. The van der Waals surface area contributed by atoms with Crippen LogP contribution in [-0.4, -0.2) is 18.7 Å². The molecule has 1 aliphatic rings. The lowest BCUT2D eigenvalue weighted by atomic mass is 9.96. The second kappa shape index (κ2) is 6.20. The van der Waals surface area contributed by atoms with Crippen molar-refractivity contribution < 1.29 is 5.11 Å². The first-order chi connectivity index (χ1) is 10.2. The minimum atomic E-state index is -0.397. The SMILES string of the molecule is CCc1ccc(CC(O)c2ccc3c(c2)CCCN3C)s1. The van der Waals surface area contributed by atoms with Crippen LogP contribution < -0.4 is 4.90 Å². The molecule has 0 fully saturated rings. The van der Waals surface area contributed by atoms with Gasteiger partial charge in [0.25, 0.3) is 0 Å². The number of nitrogens with zero attached hydrogens (tertiary/aromatic N) is 1. The molecule has 1 aromatic carbocycles. The maximum absolute atomic E-state index is 10.5. The Morgan fingerprint density at radius 3 is 2.81 bits per heavy atom. The minimum Gasteiger partial charge on any atom is -0.388 e. The third-order valence-corrected chi connectivity index (χ3v) is 5.55. The zero-order chi connectivity index (χ0) is 14.8. The van der Waals surface area contributed by atoms with Crippen LogP contribution in [0, 0.1) is 0 Å². The van der Waals surface area contributed by atoms with Crippen molar-refractivity contribution in [3.63, 3.8) is 0 Å². The van der Waals surface area contributed by atoms with E-state index in [2.05, 4.69) is 49.2 Å². The highest BCUT2D eigenvalue weighted by Gasteiger charge is 2.17. The number of thiophene rings is 1. The molecule has 0 radical (unpaired) electrons. The summed E-state index contributed by atoms with van der Waals surface area (Å²) in [5.41, 5.74) is 3.75. The monoisotopic (exact) mass is 301 g/mol. The van der Waals surface area contributed by atoms with Gasteiger partial charge in [-0.25, -0.2) is 0 Å². The first-order valence-corrected chi connectivity index (χ1v) is 8.58. The summed E-state index contributed by atoms with van der Waals surface area (Å²) in [6.45, 7) is 3.30. The topological polar surface area (TPSA) is 23.5 Å². The predicted molar refractivity (Wildman–Crippen MR) is 90.4 cm³/mol. The number of anilines is 1. The van der Waals surface area contributed by atoms with Crippen LogP contribution >= 0.6 is 11.3 Å². The normalized spacial score (nSPS) is 15.9. The van der Waals surface area contributed by atoms with Crippen LogP contribution in [0.4, 0.5) is 5.69 Å². The Labute approximate surface area is 131 Å². The molecule has 21 heavy (non-hydrogen) atoms. The lowest BCUT2D eigenvalue weighted by molar-refractivity contribution is 0.179. The van der Waals surface area contributed by atoms with E-state index in [-0.39, 0.29) is 0 Å². The van der Waals surface area contributed by atoms with Gasteiger partial charge in [0, 0.05) is 35.5 Å². The molecule has 0 saturated heterocycles. The van der Waals surface area contributed by atoms with Crippen molar-refractivity contribution in [2.45, 2.75) is 38.7 Å². The number of fused-ring (bicyclic) bond motifs is 1. The van der Waals surface area contributed by atoms with E-state index in [1.165, 1.54) is 27.4 Å². The summed E-state index contributed by atoms with van der Waals surface area (Å²) in [6.07, 6.45) is 3.73. The average Bonchev–Trinajstić information content (AvgIpc) is 2.95.